The molecule has 2 saturated heterocycles. The molecule has 1 amide bonds. The molecule has 0 saturated carbocycles. The van der Waals surface area contributed by atoms with E-state index in [2.05, 4.69) is 9.88 Å². The van der Waals surface area contributed by atoms with E-state index in [-0.39, 0.29) is 12.1 Å². The Morgan fingerprint density at radius 3 is 2.28 bits per heavy atom. The predicted octanol–water partition coefficient (Wildman–Crippen LogP) is 3.92. The van der Waals surface area contributed by atoms with E-state index in [0.29, 0.717) is 43.0 Å². The second-order valence-corrected chi connectivity index (χ2v) is 7.75. The lowest BCUT2D eigenvalue weighted by Gasteiger charge is -2.42. The summed E-state index contributed by atoms with van der Waals surface area (Å²) < 4.78 is 47.0. The zero-order chi connectivity index (χ0) is 20.6. The average molecular weight is 410 g/mol. The minimum Gasteiger partial charge on any atom is -0.453 e. The topological polar surface area (TPSA) is 50.6 Å². The molecular formula is C20H25F3N4O2. The number of aromatic nitrogens is 2. The van der Waals surface area contributed by atoms with Gasteiger partial charge in [-0.15, -0.1) is 0 Å². The number of carbonyl (C=O) groups is 1. The molecule has 29 heavy (non-hydrogen) atoms. The van der Waals surface area contributed by atoms with Crippen molar-refractivity contribution in [3.8, 4) is 0 Å². The van der Waals surface area contributed by atoms with E-state index in [1.807, 2.05) is 0 Å². The van der Waals surface area contributed by atoms with Crippen LogP contribution >= 0.6 is 0 Å². The Kier molecular flexibility index (Phi) is 5.42. The van der Waals surface area contributed by atoms with Crippen LogP contribution in [0.1, 0.15) is 37.5 Å². The van der Waals surface area contributed by atoms with Gasteiger partial charge in [-0.1, -0.05) is 12.1 Å². The van der Waals surface area contributed by atoms with E-state index < -0.39 is 12.0 Å². The zero-order valence-corrected chi connectivity index (χ0v) is 16.4. The van der Waals surface area contributed by atoms with Crippen LogP contribution in [0.2, 0.25) is 0 Å². The molecule has 0 atom stereocenters. The first kappa shape index (κ1) is 20.0. The standard InChI is InChI=1S/C20H25F3N4O2/c1-29-19(28)26-12-6-14(7-13-26)25-10-8-15(9-11-25)27-17-5-3-2-4-16(17)24-18(27)20(21,22)23/h2-5,14-15H,6-13H2,1H3. The number of halogens is 3. The lowest BCUT2D eigenvalue weighted by molar-refractivity contribution is -0.148. The highest BCUT2D eigenvalue weighted by Crippen LogP contribution is 2.37. The number of para-hydroxylation sites is 2. The Bertz CT molecular complexity index is 866. The Hall–Kier alpha value is -2.29. The quantitative estimate of drug-likeness (QED) is 0.753. The molecule has 0 aliphatic carbocycles. The van der Waals surface area contributed by atoms with Crippen molar-refractivity contribution in [3.63, 3.8) is 0 Å². The SMILES string of the molecule is COC(=O)N1CCC(N2CCC(n3c(C(F)(F)F)nc4ccccc43)CC2)CC1. The molecule has 2 aromatic rings. The molecule has 1 aromatic heterocycles. The number of carbonyl (C=O) groups excluding carboxylic acids is 1. The molecule has 0 N–H and O–H groups in total. The molecule has 3 heterocycles. The van der Waals surface area contributed by atoms with Crippen molar-refractivity contribution in [2.24, 2.45) is 0 Å². The smallest absolute Gasteiger partial charge is 0.449 e. The lowest BCUT2D eigenvalue weighted by Crippen LogP contribution is -2.49. The summed E-state index contributed by atoms with van der Waals surface area (Å²) in [5.41, 5.74) is 0.932. The number of amides is 1. The average Bonchev–Trinajstić information content (AvgIpc) is 3.14. The van der Waals surface area contributed by atoms with Gasteiger partial charge in [-0.3, -0.25) is 0 Å². The maximum absolute atomic E-state index is 13.6. The molecule has 1 aromatic carbocycles. The summed E-state index contributed by atoms with van der Waals surface area (Å²) in [6, 6.07) is 6.95. The molecule has 0 bridgehead atoms. The predicted molar refractivity (Wildman–Crippen MR) is 102 cm³/mol. The van der Waals surface area contributed by atoms with Crippen molar-refractivity contribution in [1.82, 2.24) is 19.4 Å². The number of methoxy groups -OCH3 is 1. The zero-order valence-electron chi connectivity index (χ0n) is 16.4. The molecule has 4 rings (SSSR count). The third-order valence-electron chi connectivity index (χ3n) is 6.13. The van der Waals surface area contributed by atoms with Gasteiger partial charge in [-0.05, 0) is 37.8 Å². The van der Waals surface area contributed by atoms with Crippen LogP contribution in [0.25, 0.3) is 11.0 Å². The van der Waals surface area contributed by atoms with Gasteiger partial charge in [0.1, 0.15) is 0 Å². The number of rotatable bonds is 2. The van der Waals surface area contributed by atoms with Crippen LogP contribution in [0.4, 0.5) is 18.0 Å². The molecule has 2 aliphatic rings. The summed E-state index contributed by atoms with van der Waals surface area (Å²) in [7, 11) is 1.38. The van der Waals surface area contributed by atoms with E-state index in [1.165, 1.54) is 11.7 Å². The number of imidazole rings is 1. The molecular weight excluding hydrogens is 385 g/mol. The summed E-state index contributed by atoms with van der Waals surface area (Å²) in [6.45, 7) is 2.80. The Morgan fingerprint density at radius 1 is 1.03 bits per heavy atom. The number of benzene rings is 1. The van der Waals surface area contributed by atoms with Crippen molar-refractivity contribution in [2.75, 3.05) is 33.3 Å². The summed E-state index contributed by atoms with van der Waals surface area (Å²) in [5.74, 6) is -0.802. The van der Waals surface area contributed by atoms with Crippen LogP contribution in [-0.4, -0.2) is 64.8 Å². The molecule has 6 nitrogen and oxygen atoms in total. The number of piperidine rings is 2. The number of hydrogen-bond donors (Lipinski definition) is 0. The number of likely N-dealkylation sites (tertiary alicyclic amines) is 2. The van der Waals surface area contributed by atoms with Crippen LogP contribution in [0, 0.1) is 0 Å². The number of fused-ring (bicyclic) bond motifs is 1. The minimum atomic E-state index is -4.48. The largest absolute Gasteiger partial charge is 0.453 e. The Labute approximate surface area is 167 Å². The maximum Gasteiger partial charge on any atom is 0.449 e. The van der Waals surface area contributed by atoms with Crippen molar-refractivity contribution >= 4 is 17.1 Å². The van der Waals surface area contributed by atoms with E-state index in [1.54, 1.807) is 29.2 Å². The van der Waals surface area contributed by atoms with Gasteiger partial charge >= 0.3 is 12.3 Å². The van der Waals surface area contributed by atoms with Gasteiger partial charge in [0.05, 0.1) is 18.1 Å². The summed E-state index contributed by atoms with van der Waals surface area (Å²) in [5, 5.41) is 0. The molecule has 9 heteroatoms. The maximum atomic E-state index is 13.6. The van der Waals surface area contributed by atoms with Crippen LogP contribution in [-0.2, 0) is 10.9 Å². The highest BCUT2D eigenvalue weighted by Gasteiger charge is 2.40. The Morgan fingerprint density at radius 2 is 1.66 bits per heavy atom. The van der Waals surface area contributed by atoms with E-state index >= 15 is 0 Å². The Balaban J connectivity index is 1.45. The van der Waals surface area contributed by atoms with Crippen LogP contribution in [0.5, 0.6) is 0 Å². The first-order chi connectivity index (χ1) is 13.9. The van der Waals surface area contributed by atoms with E-state index in [4.69, 9.17) is 4.74 Å². The molecule has 158 valence electrons. The molecule has 2 aliphatic heterocycles. The molecule has 0 spiro atoms. The highest BCUT2D eigenvalue weighted by molar-refractivity contribution is 5.76. The third-order valence-corrected chi connectivity index (χ3v) is 6.13. The fourth-order valence-corrected chi connectivity index (χ4v) is 4.67. The summed E-state index contributed by atoms with van der Waals surface area (Å²) >= 11 is 0. The van der Waals surface area contributed by atoms with Gasteiger partial charge in [0, 0.05) is 38.3 Å². The molecule has 0 radical (unpaired) electrons. The summed E-state index contributed by atoms with van der Waals surface area (Å²) in [4.78, 5) is 19.6. The highest BCUT2D eigenvalue weighted by atomic mass is 19.4. The van der Waals surface area contributed by atoms with Crippen LogP contribution in [0.3, 0.4) is 0 Å². The minimum absolute atomic E-state index is 0.217. The number of alkyl halides is 3. The van der Waals surface area contributed by atoms with Gasteiger partial charge in [0.15, 0.2) is 0 Å². The monoisotopic (exact) mass is 410 g/mol. The lowest BCUT2D eigenvalue weighted by atomic mass is 9.97. The van der Waals surface area contributed by atoms with Gasteiger partial charge in [0.25, 0.3) is 0 Å². The van der Waals surface area contributed by atoms with Crippen molar-refractivity contribution in [3.05, 3.63) is 30.1 Å². The van der Waals surface area contributed by atoms with E-state index in [9.17, 15) is 18.0 Å². The van der Waals surface area contributed by atoms with Gasteiger partial charge in [-0.2, -0.15) is 13.2 Å². The fraction of sp³-hybridized carbons (Fsp3) is 0.600. The molecule has 0 unspecified atom stereocenters. The number of ether oxygens (including phenoxy) is 1. The molecule has 2 fully saturated rings. The number of hydrogen-bond acceptors (Lipinski definition) is 4. The first-order valence-electron chi connectivity index (χ1n) is 9.99. The van der Waals surface area contributed by atoms with Crippen molar-refractivity contribution < 1.29 is 22.7 Å². The van der Waals surface area contributed by atoms with Crippen molar-refractivity contribution in [1.29, 1.82) is 0 Å². The van der Waals surface area contributed by atoms with Gasteiger partial charge < -0.3 is 19.1 Å². The fourth-order valence-electron chi connectivity index (χ4n) is 4.67. The number of nitrogens with zero attached hydrogens (tertiary/aromatic N) is 4. The second kappa shape index (κ2) is 7.85. The van der Waals surface area contributed by atoms with Crippen LogP contribution in [0.15, 0.2) is 24.3 Å². The van der Waals surface area contributed by atoms with Gasteiger partial charge in [0.2, 0.25) is 5.82 Å². The first-order valence-corrected chi connectivity index (χ1v) is 9.99. The van der Waals surface area contributed by atoms with Crippen LogP contribution < -0.4 is 0 Å². The van der Waals surface area contributed by atoms with Gasteiger partial charge in [-0.25, -0.2) is 9.78 Å². The van der Waals surface area contributed by atoms with E-state index in [0.717, 1.165) is 25.9 Å². The van der Waals surface area contributed by atoms with Crippen molar-refractivity contribution in [2.45, 2.75) is 43.9 Å². The normalized spacial score (nSPS) is 20.3. The second-order valence-electron chi connectivity index (χ2n) is 7.75. The third kappa shape index (κ3) is 3.92. The summed E-state index contributed by atoms with van der Waals surface area (Å²) in [6.07, 6.45) is -1.74.